The average Bonchev–Trinajstić information content (AvgIpc) is 3.65. The SMILES string of the molecule is CC1(C)c2cc(-c3nc(-c4ccccc4)c4c(ccc5ccccc54)n3)ccc2-c2ccc3c(c21)-c1ccc2ccccc2c1C31C2CC3CC(C2)CC1C3. The van der Waals surface area contributed by atoms with Crippen LogP contribution in [0.3, 0.4) is 0 Å². The van der Waals surface area contributed by atoms with Gasteiger partial charge in [-0.25, -0.2) is 9.97 Å². The Bertz CT molecular complexity index is 2940. The molecule has 6 aliphatic rings. The van der Waals surface area contributed by atoms with Gasteiger partial charge in [0.2, 0.25) is 0 Å². The molecule has 2 heteroatoms. The minimum atomic E-state index is -0.193. The van der Waals surface area contributed by atoms with E-state index in [0.29, 0.717) is 0 Å². The van der Waals surface area contributed by atoms with Gasteiger partial charge in [-0.1, -0.05) is 135 Å². The van der Waals surface area contributed by atoms with Gasteiger partial charge in [0.25, 0.3) is 0 Å². The molecule has 1 aromatic heterocycles. The second-order valence-electron chi connectivity index (χ2n) is 18.1. The second-order valence-corrected chi connectivity index (χ2v) is 18.1. The minimum absolute atomic E-state index is 0.112. The van der Waals surface area contributed by atoms with E-state index in [2.05, 4.69) is 147 Å². The first kappa shape index (κ1) is 30.7. The van der Waals surface area contributed by atoms with Crippen molar-refractivity contribution in [3.8, 4) is 44.9 Å². The lowest BCUT2D eigenvalue weighted by atomic mass is 9.43. The largest absolute Gasteiger partial charge is 0.228 e. The van der Waals surface area contributed by atoms with Gasteiger partial charge in [0.05, 0.1) is 11.2 Å². The molecule has 264 valence electrons. The highest BCUT2D eigenvalue weighted by atomic mass is 14.9. The van der Waals surface area contributed by atoms with Crippen LogP contribution in [0.15, 0.2) is 133 Å². The molecule has 2 nitrogen and oxygen atoms in total. The highest BCUT2D eigenvalue weighted by molar-refractivity contribution is 6.12. The van der Waals surface area contributed by atoms with Gasteiger partial charge >= 0.3 is 0 Å². The van der Waals surface area contributed by atoms with E-state index in [-0.39, 0.29) is 10.8 Å². The molecule has 1 heterocycles. The van der Waals surface area contributed by atoms with Crippen LogP contribution in [-0.2, 0) is 10.8 Å². The fourth-order valence-electron chi connectivity index (χ4n) is 13.3. The quantitative estimate of drug-likeness (QED) is 0.167. The predicted octanol–water partition coefficient (Wildman–Crippen LogP) is 13.3. The lowest BCUT2D eigenvalue weighted by Crippen LogP contribution is -2.55. The van der Waals surface area contributed by atoms with E-state index >= 15 is 0 Å². The van der Waals surface area contributed by atoms with E-state index in [1.165, 1.54) is 81.5 Å². The molecule has 4 saturated carbocycles. The molecule has 1 spiro atoms. The molecule has 0 saturated heterocycles. The zero-order valence-corrected chi connectivity index (χ0v) is 31.4. The fraction of sp³-hybridized carbons (Fsp3) is 0.245. The Labute approximate surface area is 322 Å². The third-order valence-electron chi connectivity index (χ3n) is 15.2. The zero-order chi connectivity index (χ0) is 36.2. The predicted molar refractivity (Wildman–Crippen MR) is 226 cm³/mol. The van der Waals surface area contributed by atoms with Gasteiger partial charge in [-0.2, -0.15) is 0 Å². The summed E-state index contributed by atoms with van der Waals surface area (Å²) < 4.78 is 0. The number of hydrogen-bond acceptors (Lipinski definition) is 2. The first-order valence-electron chi connectivity index (χ1n) is 20.6. The van der Waals surface area contributed by atoms with Crippen LogP contribution >= 0.6 is 0 Å². The van der Waals surface area contributed by atoms with Crippen LogP contribution in [0, 0.1) is 23.7 Å². The van der Waals surface area contributed by atoms with Gasteiger partial charge in [0.15, 0.2) is 5.82 Å². The van der Waals surface area contributed by atoms with E-state index in [4.69, 9.17) is 9.97 Å². The van der Waals surface area contributed by atoms with Crippen molar-refractivity contribution >= 4 is 32.4 Å². The minimum Gasteiger partial charge on any atom is -0.228 e. The van der Waals surface area contributed by atoms with E-state index in [1.54, 1.807) is 16.7 Å². The average molecular weight is 707 g/mol. The monoisotopic (exact) mass is 706 g/mol. The van der Waals surface area contributed by atoms with Crippen molar-refractivity contribution in [2.24, 2.45) is 23.7 Å². The highest BCUT2D eigenvalue weighted by Crippen LogP contribution is 2.72. The maximum Gasteiger partial charge on any atom is 0.160 e. The molecule has 55 heavy (non-hydrogen) atoms. The molecule has 7 aromatic carbocycles. The number of hydrogen-bond donors (Lipinski definition) is 0. The van der Waals surface area contributed by atoms with E-state index in [0.717, 1.165) is 57.2 Å². The van der Waals surface area contributed by atoms with Crippen LogP contribution in [0.4, 0.5) is 0 Å². The number of nitrogens with zero attached hydrogens (tertiary/aromatic N) is 2. The number of fused-ring (bicyclic) bond motifs is 12. The van der Waals surface area contributed by atoms with Crippen molar-refractivity contribution in [3.05, 3.63) is 156 Å². The standard InChI is InChI=1S/C53H42N2/c1-52(2)44-29-35(51-54-45-23-18-32-10-6-8-14-38(32)47(45)50(55-51)34-12-4-3-5-13-34)17-19-40(44)41-21-22-43-46(49(41)52)42-20-16-33-11-7-9-15-39(33)48(42)53(43)36-25-30-24-31(27-36)28-37(53)26-30/h3-23,29-31,36-37H,24-28H2,1-2H3. The topological polar surface area (TPSA) is 25.8 Å². The summed E-state index contributed by atoms with van der Waals surface area (Å²) in [6, 6.07) is 50.0. The van der Waals surface area contributed by atoms with Crippen molar-refractivity contribution in [1.29, 1.82) is 0 Å². The Morgan fingerprint density at radius 1 is 0.509 bits per heavy atom. The van der Waals surface area contributed by atoms with E-state index < -0.39 is 0 Å². The summed E-state index contributed by atoms with van der Waals surface area (Å²) in [5.41, 5.74) is 16.1. The summed E-state index contributed by atoms with van der Waals surface area (Å²) in [5.74, 6) is 4.08. The van der Waals surface area contributed by atoms with Gasteiger partial charge in [-0.05, 0) is 134 Å². The third kappa shape index (κ3) is 3.86. The molecule has 0 atom stereocenters. The summed E-state index contributed by atoms with van der Waals surface area (Å²) in [6.07, 6.45) is 7.05. The Morgan fingerprint density at radius 3 is 1.95 bits per heavy atom. The van der Waals surface area contributed by atoms with E-state index in [1.807, 2.05) is 0 Å². The van der Waals surface area contributed by atoms with Crippen LogP contribution in [0.1, 0.15) is 68.2 Å². The molecule has 4 fully saturated rings. The number of rotatable bonds is 2. The molecule has 0 unspecified atom stereocenters. The molecule has 6 aliphatic carbocycles. The van der Waals surface area contributed by atoms with Crippen LogP contribution in [0.5, 0.6) is 0 Å². The van der Waals surface area contributed by atoms with Crippen molar-refractivity contribution in [1.82, 2.24) is 9.97 Å². The maximum atomic E-state index is 5.42. The first-order valence-corrected chi connectivity index (χ1v) is 20.6. The Kier molecular flexibility index (Phi) is 5.90. The molecule has 0 amide bonds. The summed E-state index contributed by atoms with van der Waals surface area (Å²) in [7, 11) is 0. The van der Waals surface area contributed by atoms with Crippen LogP contribution in [0.25, 0.3) is 77.3 Å². The summed E-state index contributed by atoms with van der Waals surface area (Å²) >= 11 is 0. The molecule has 0 radical (unpaired) electrons. The molecular formula is C53H42N2. The first-order chi connectivity index (χ1) is 27.0. The molecule has 0 N–H and O–H groups in total. The lowest BCUT2D eigenvalue weighted by molar-refractivity contribution is -0.0393. The van der Waals surface area contributed by atoms with Crippen molar-refractivity contribution in [2.45, 2.75) is 56.8 Å². The van der Waals surface area contributed by atoms with Crippen LogP contribution < -0.4 is 0 Å². The second kappa shape index (κ2) is 10.6. The summed E-state index contributed by atoms with van der Waals surface area (Å²) in [6.45, 7) is 4.96. The molecule has 4 bridgehead atoms. The van der Waals surface area contributed by atoms with Crippen LogP contribution in [-0.4, -0.2) is 9.97 Å². The molecular weight excluding hydrogens is 665 g/mol. The molecule has 14 rings (SSSR count). The lowest BCUT2D eigenvalue weighted by Gasteiger charge is -2.61. The van der Waals surface area contributed by atoms with Gasteiger partial charge in [-0.15, -0.1) is 0 Å². The zero-order valence-electron chi connectivity index (χ0n) is 31.4. The normalized spacial score (nSPS) is 24.8. The van der Waals surface area contributed by atoms with Crippen LogP contribution in [0.2, 0.25) is 0 Å². The van der Waals surface area contributed by atoms with Gasteiger partial charge in [-0.3, -0.25) is 0 Å². The molecule has 8 aromatic rings. The van der Waals surface area contributed by atoms with Gasteiger partial charge in [0, 0.05) is 27.3 Å². The van der Waals surface area contributed by atoms with Crippen molar-refractivity contribution in [3.63, 3.8) is 0 Å². The van der Waals surface area contributed by atoms with Crippen molar-refractivity contribution in [2.75, 3.05) is 0 Å². The summed E-state index contributed by atoms with van der Waals surface area (Å²) in [5, 5.41) is 6.39. The maximum absolute atomic E-state index is 5.42. The Hall–Kier alpha value is -5.60. The highest BCUT2D eigenvalue weighted by Gasteiger charge is 2.63. The van der Waals surface area contributed by atoms with Gasteiger partial charge in [0.1, 0.15) is 0 Å². The number of aromatic nitrogens is 2. The number of benzene rings is 7. The Morgan fingerprint density at radius 2 is 1.16 bits per heavy atom. The Balaban J connectivity index is 1.02. The smallest absolute Gasteiger partial charge is 0.160 e. The molecule has 0 aliphatic heterocycles. The summed E-state index contributed by atoms with van der Waals surface area (Å²) in [4.78, 5) is 10.7. The third-order valence-corrected chi connectivity index (χ3v) is 15.2. The fourth-order valence-corrected chi connectivity index (χ4v) is 13.3. The van der Waals surface area contributed by atoms with E-state index in [9.17, 15) is 0 Å². The van der Waals surface area contributed by atoms with Gasteiger partial charge < -0.3 is 0 Å². The van der Waals surface area contributed by atoms with Crippen molar-refractivity contribution < 1.29 is 0 Å².